The fraction of sp³-hybridized carbons (Fsp3) is 0.500. The minimum absolute atomic E-state index is 0.0262. The number of furan rings is 1. The Morgan fingerprint density at radius 3 is 2.52 bits per heavy atom. The van der Waals surface area contributed by atoms with E-state index in [1.54, 1.807) is 12.1 Å². The van der Waals surface area contributed by atoms with Gasteiger partial charge in [0.25, 0.3) is 10.0 Å². The molecular weight excluding hydrogens is 416 g/mol. The van der Waals surface area contributed by atoms with Crippen LogP contribution in [0.3, 0.4) is 0 Å². The lowest BCUT2D eigenvalue weighted by Crippen LogP contribution is -2.47. The van der Waals surface area contributed by atoms with E-state index in [1.165, 1.54) is 4.31 Å². The number of hydrogen-bond donors (Lipinski definition) is 2. The van der Waals surface area contributed by atoms with Crippen LogP contribution in [0.15, 0.2) is 52.0 Å². The molecule has 168 valence electrons. The summed E-state index contributed by atoms with van der Waals surface area (Å²) in [6.07, 6.45) is 4.95. The van der Waals surface area contributed by atoms with Gasteiger partial charge in [-0.1, -0.05) is 24.6 Å². The van der Waals surface area contributed by atoms with Crippen molar-refractivity contribution in [1.82, 2.24) is 14.5 Å². The molecule has 0 saturated carbocycles. The van der Waals surface area contributed by atoms with E-state index in [9.17, 15) is 13.2 Å². The summed E-state index contributed by atoms with van der Waals surface area (Å²) in [6, 6.07) is 12.6. The number of amides is 2. The summed E-state index contributed by atoms with van der Waals surface area (Å²) in [5, 5.41) is 5.82. The van der Waals surface area contributed by atoms with Crippen LogP contribution in [0.2, 0.25) is 0 Å². The molecule has 0 spiro atoms. The second-order valence-corrected chi connectivity index (χ2v) is 10.0. The predicted molar refractivity (Wildman–Crippen MR) is 118 cm³/mol. The highest BCUT2D eigenvalue weighted by molar-refractivity contribution is 7.89. The Morgan fingerprint density at radius 1 is 1.00 bits per heavy atom. The third-order valence-electron chi connectivity index (χ3n) is 5.93. The molecule has 8 nitrogen and oxygen atoms in total. The highest BCUT2D eigenvalue weighted by Gasteiger charge is 2.31. The van der Waals surface area contributed by atoms with Crippen LogP contribution >= 0.6 is 0 Å². The molecule has 4 rings (SSSR count). The third-order valence-corrected chi connectivity index (χ3v) is 7.71. The van der Waals surface area contributed by atoms with Crippen LogP contribution < -0.4 is 10.6 Å². The number of rotatable bonds is 7. The first-order chi connectivity index (χ1) is 15.0. The maximum atomic E-state index is 12.7. The van der Waals surface area contributed by atoms with Crippen LogP contribution in [0, 0.1) is 0 Å². The van der Waals surface area contributed by atoms with E-state index in [0.29, 0.717) is 31.9 Å². The zero-order valence-electron chi connectivity index (χ0n) is 17.6. The van der Waals surface area contributed by atoms with Crippen LogP contribution in [-0.2, 0) is 16.6 Å². The monoisotopic (exact) mass is 446 g/mol. The molecule has 0 radical (unpaired) electrons. The molecule has 1 aromatic heterocycles. The lowest BCUT2D eigenvalue weighted by Gasteiger charge is -2.35. The number of sulfonamides is 1. The van der Waals surface area contributed by atoms with Crippen molar-refractivity contribution in [1.29, 1.82) is 0 Å². The zero-order valence-corrected chi connectivity index (χ0v) is 18.4. The van der Waals surface area contributed by atoms with Gasteiger partial charge in [0, 0.05) is 31.4 Å². The molecule has 2 aliphatic rings. The molecule has 3 heterocycles. The Hall–Kier alpha value is -2.36. The SMILES string of the molecule is O=C(NC[C@H]1CCCCN1Cc1ccc(S(=O)(=O)N2CCCC2)o1)Nc1ccccc1. The molecule has 0 bridgehead atoms. The quantitative estimate of drug-likeness (QED) is 0.681. The Kier molecular flexibility index (Phi) is 6.94. The molecule has 0 aliphatic carbocycles. The van der Waals surface area contributed by atoms with Gasteiger partial charge in [-0.15, -0.1) is 0 Å². The Balaban J connectivity index is 1.34. The Labute approximate surface area is 183 Å². The van der Waals surface area contributed by atoms with E-state index in [1.807, 2.05) is 30.3 Å². The van der Waals surface area contributed by atoms with E-state index >= 15 is 0 Å². The van der Waals surface area contributed by atoms with Crippen molar-refractivity contribution in [2.24, 2.45) is 0 Å². The first-order valence-corrected chi connectivity index (χ1v) is 12.4. The van der Waals surface area contributed by atoms with Crippen LogP contribution in [0.5, 0.6) is 0 Å². The summed E-state index contributed by atoms with van der Waals surface area (Å²) in [4.78, 5) is 14.5. The average Bonchev–Trinajstić information content (AvgIpc) is 3.47. The number of urea groups is 1. The molecule has 0 unspecified atom stereocenters. The normalized spacial score (nSPS) is 20.6. The average molecular weight is 447 g/mol. The second-order valence-electron chi connectivity index (χ2n) is 8.15. The van der Waals surface area contributed by atoms with E-state index in [4.69, 9.17) is 4.42 Å². The minimum atomic E-state index is -3.54. The maximum absolute atomic E-state index is 12.7. The standard InChI is InChI=1S/C22H30N4O4S/c27-22(24-18-8-2-1-3-9-18)23-16-19-10-4-5-13-25(19)17-20-11-12-21(30-20)31(28,29)26-14-6-7-15-26/h1-3,8-9,11-12,19H,4-7,10,13-17H2,(H2,23,24,27)/t19-/m1/s1. The van der Waals surface area contributed by atoms with E-state index in [0.717, 1.165) is 44.3 Å². The summed E-state index contributed by atoms with van der Waals surface area (Å²) >= 11 is 0. The smallest absolute Gasteiger partial charge is 0.319 e. The summed E-state index contributed by atoms with van der Waals surface area (Å²) < 4.78 is 32.6. The summed E-state index contributed by atoms with van der Waals surface area (Å²) in [7, 11) is -3.54. The van der Waals surface area contributed by atoms with Gasteiger partial charge in [-0.3, -0.25) is 4.90 Å². The highest BCUT2D eigenvalue weighted by Crippen LogP contribution is 2.25. The fourth-order valence-corrected chi connectivity index (χ4v) is 5.69. The molecule has 9 heteroatoms. The predicted octanol–water partition coefficient (Wildman–Crippen LogP) is 3.24. The zero-order chi connectivity index (χ0) is 21.7. The first kappa shape index (κ1) is 21.9. The van der Waals surface area contributed by atoms with Gasteiger partial charge in [0.1, 0.15) is 5.76 Å². The van der Waals surface area contributed by atoms with E-state index in [2.05, 4.69) is 15.5 Å². The summed E-state index contributed by atoms with van der Waals surface area (Å²) in [6.45, 7) is 3.06. The number of nitrogens with one attached hydrogen (secondary N) is 2. The molecule has 1 atom stereocenters. The Morgan fingerprint density at radius 2 is 1.74 bits per heavy atom. The number of anilines is 1. The van der Waals surface area contributed by atoms with Crippen LogP contribution in [-0.4, -0.2) is 55.9 Å². The van der Waals surface area contributed by atoms with Gasteiger partial charge in [-0.05, 0) is 56.5 Å². The third kappa shape index (κ3) is 5.47. The lowest BCUT2D eigenvalue weighted by molar-refractivity contribution is 0.127. The van der Waals surface area contributed by atoms with E-state index < -0.39 is 10.0 Å². The van der Waals surface area contributed by atoms with Crippen molar-refractivity contribution < 1.29 is 17.6 Å². The highest BCUT2D eigenvalue weighted by atomic mass is 32.2. The van der Waals surface area contributed by atoms with Gasteiger partial charge in [-0.2, -0.15) is 4.31 Å². The summed E-state index contributed by atoms with van der Waals surface area (Å²) in [5.41, 5.74) is 0.753. The molecule has 2 aromatic rings. The van der Waals surface area contributed by atoms with Gasteiger partial charge < -0.3 is 15.1 Å². The fourth-order valence-electron chi connectivity index (χ4n) is 4.24. The Bertz CT molecular complexity index is 970. The van der Waals surface area contributed by atoms with Gasteiger partial charge >= 0.3 is 6.03 Å². The van der Waals surface area contributed by atoms with Crippen molar-refractivity contribution in [3.63, 3.8) is 0 Å². The largest absolute Gasteiger partial charge is 0.447 e. The van der Waals surface area contributed by atoms with Crippen molar-refractivity contribution in [3.05, 3.63) is 48.2 Å². The molecule has 2 N–H and O–H groups in total. The topological polar surface area (TPSA) is 94.9 Å². The number of hydrogen-bond acceptors (Lipinski definition) is 5. The second kappa shape index (κ2) is 9.84. The molecule has 2 fully saturated rings. The lowest BCUT2D eigenvalue weighted by atomic mass is 10.0. The van der Waals surface area contributed by atoms with Crippen molar-refractivity contribution in [2.75, 3.05) is 31.5 Å². The van der Waals surface area contributed by atoms with Gasteiger partial charge in [0.2, 0.25) is 5.09 Å². The van der Waals surface area contributed by atoms with Crippen LogP contribution in [0.4, 0.5) is 10.5 Å². The van der Waals surface area contributed by atoms with Crippen LogP contribution in [0.1, 0.15) is 37.9 Å². The molecule has 2 saturated heterocycles. The van der Waals surface area contributed by atoms with Gasteiger partial charge in [0.05, 0.1) is 6.54 Å². The summed E-state index contributed by atoms with van der Waals surface area (Å²) in [5.74, 6) is 0.637. The molecule has 2 amide bonds. The maximum Gasteiger partial charge on any atom is 0.319 e. The molecule has 2 aliphatic heterocycles. The van der Waals surface area contributed by atoms with Gasteiger partial charge in [0.15, 0.2) is 0 Å². The van der Waals surface area contributed by atoms with Gasteiger partial charge in [-0.25, -0.2) is 13.2 Å². The van der Waals surface area contributed by atoms with Crippen molar-refractivity contribution in [3.8, 4) is 0 Å². The number of carbonyl (C=O) groups excluding carboxylic acids is 1. The molecule has 1 aromatic carbocycles. The molecular formula is C22H30N4O4S. The minimum Gasteiger partial charge on any atom is -0.447 e. The number of piperidine rings is 1. The number of benzene rings is 1. The number of para-hydroxylation sites is 1. The number of carbonyl (C=O) groups is 1. The van der Waals surface area contributed by atoms with Crippen molar-refractivity contribution >= 4 is 21.7 Å². The van der Waals surface area contributed by atoms with Crippen molar-refractivity contribution in [2.45, 2.75) is 49.8 Å². The number of likely N-dealkylation sites (tertiary alicyclic amines) is 1. The van der Waals surface area contributed by atoms with Crippen LogP contribution in [0.25, 0.3) is 0 Å². The van der Waals surface area contributed by atoms with E-state index in [-0.39, 0.29) is 17.2 Å². The first-order valence-electron chi connectivity index (χ1n) is 11.0. The molecule has 31 heavy (non-hydrogen) atoms. The number of nitrogens with zero attached hydrogens (tertiary/aromatic N) is 2.